The molecule has 4 nitrogen and oxygen atoms in total. The lowest BCUT2D eigenvalue weighted by Crippen LogP contribution is -2.48. The quantitative estimate of drug-likeness (QED) is 0.941. The lowest BCUT2D eigenvalue weighted by Gasteiger charge is -2.41. The van der Waals surface area contributed by atoms with Crippen molar-refractivity contribution in [1.82, 2.24) is 14.9 Å². The monoisotopic (exact) mass is 287 g/mol. The molecular formula is C17H25N3O. The standard InChI is InChI=1S/C17H25N3O/c1-11(2)16(20-9-12(3)21-13(4)10-20)17-18-14-7-5-6-8-15(14)19-17/h5-8,11-13,16H,9-10H2,1-4H3,(H,18,19). The van der Waals surface area contributed by atoms with Gasteiger partial charge in [0.2, 0.25) is 0 Å². The van der Waals surface area contributed by atoms with E-state index in [1.54, 1.807) is 0 Å². The van der Waals surface area contributed by atoms with Gasteiger partial charge in [0.15, 0.2) is 0 Å². The second-order valence-corrected chi connectivity index (χ2v) is 6.54. The number of imidazole rings is 1. The predicted molar refractivity (Wildman–Crippen MR) is 85.3 cm³/mol. The van der Waals surface area contributed by atoms with Gasteiger partial charge in [-0.05, 0) is 31.9 Å². The van der Waals surface area contributed by atoms with Gasteiger partial charge in [0.05, 0.1) is 29.3 Å². The van der Waals surface area contributed by atoms with E-state index in [4.69, 9.17) is 9.72 Å². The van der Waals surface area contributed by atoms with Crippen LogP contribution in [0, 0.1) is 5.92 Å². The maximum absolute atomic E-state index is 5.87. The fourth-order valence-electron chi connectivity index (χ4n) is 3.47. The van der Waals surface area contributed by atoms with Gasteiger partial charge in [-0.15, -0.1) is 0 Å². The molecule has 2 aromatic rings. The summed E-state index contributed by atoms with van der Waals surface area (Å²) in [6.07, 6.45) is 0.554. The average molecular weight is 287 g/mol. The van der Waals surface area contributed by atoms with Crippen LogP contribution in [0.3, 0.4) is 0 Å². The first-order valence-corrected chi connectivity index (χ1v) is 7.88. The van der Waals surface area contributed by atoms with Crippen LogP contribution in [-0.4, -0.2) is 40.2 Å². The zero-order valence-electron chi connectivity index (χ0n) is 13.3. The molecule has 1 fully saturated rings. The highest BCUT2D eigenvalue weighted by Crippen LogP contribution is 2.30. The summed E-state index contributed by atoms with van der Waals surface area (Å²) in [5.74, 6) is 1.58. The second kappa shape index (κ2) is 5.78. The number of hydrogen-bond acceptors (Lipinski definition) is 3. The molecule has 1 N–H and O–H groups in total. The Morgan fingerprint density at radius 2 is 1.86 bits per heavy atom. The molecule has 3 unspecified atom stereocenters. The smallest absolute Gasteiger partial charge is 0.124 e. The molecule has 114 valence electrons. The lowest BCUT2D eigenvalue weighted by atomic mass is 10.00. The van der Waals surface area contributed by atoms with Crippen LogP contribution in [0.1, 0.15) is 39.6 Å². The minimum absolute atomic E-state index is 0.277. The number of hydrogen-bond donors (Lipinski definition) is 1. The van der Waals surface area contributed by atoms with Crippen molar-refractivity contribution >= 4 is 11.0 Å². The van der Waals surface area contributed by atoms with Crippen LogP contribution in [-0.2, 0) is 4.74 Å². The van der Waals surface area contributed by atoms with Gasteiger partial charge < -0.3 is 9.72 Å². The van der Waals surface area contributed by atoms with Crippen molar-refractivity contribution in [3.05, 3.63) is 30.1 Å². The minimum atomic E-state index is 0.277. The third-order valence-electron chi connectivity index (χ3n) is 4.16. The molecular weight excluding hydrogens is 262 g/mol. The number of ether oxygens (including phenoxy) is 1. The van der Waals surface area contributed by atoms with Crippen molar-refractivity contribution in [2.24, 2.45) is 5.92 Å². The van der Waals surface area contributed by atoms with Crippen LogP contribution >= 0.6 is 0 Å². The zero-order chi connectivity index (χ0) is 15.0. The van der Waals surface area contributed by atoms with E-state index in [9.17, 15) is 0 Å². The Morgan fingerprint density at radius 1 is 1.19 bits per heavy atom. The first kappa shape index (κ1) is 14.5. The van der Waals surface area contributed by atoms with Crippen LogP contribution in [0.25, 0.3) is 11.0 Å². The lowest BCUT2D eigenvalue weighted by molar-refractivity contribution is -0.0872. The average Bonchev–Trinajstić information content (AvgIpc) is 2.80. The fraction of sp³-hybridized carbons (Fsp3) is 0.588. The second-order valence-electron chi connectivity index (χ2n) is 6.54. The molecule has 2 heterocycles. The third kappa shape index (κ3) is 2.97. The molecule has 3 atom stereocenters. The molecule has 1 aromatic heterocycles. The number of benzene rings is 1. The molecule has 1 aromatic carbocycles. The highest BCUT2D eigenvalue weighted by atomic mass is 16.5. The maximum atomic E-state index is 5.87. The van der Waals surface area contributed by atoms with Crippen molar-refractivity contribution in [1.29, 1.82) is 0 Å². The molecule has 0 radical (unpaired) electrons. The van der Waals surface area contributed by atoms with Crippen LogP contribution in [0.15, 0.2) is 24.3 Å². The molecule has 0 bridgehead atoms. The zero-order valence-corrected chi connectivity index (χ0v) is 13.3. The van der Waals surface area contributed by atoms with Crippen molar-refractivity contribution in [2.75, 3.05) is 13.1 Å². The maximum Gasteiger partial charge on any atom is 0.124 e. The summed E-state index contributed by atoms with van der Waals surface area (Å²) in [5.41, 5.74) is 2.17. The third-order valence-corrected chi connectivity index (χ3v) is 4.16. The van der Waals surface area contributed by atoms with E-state index < -0.39 is 0 Å². The van der Waals surface area contributed by atoms with E-state index in [1.165, 1.54) is 0 Å². The summed E-state index contributed by atoms with van der Waals surface area (Å²) < 4.78 is 5.87. The van der Waals surface area contributed by atoms with E-state index in [0.717, 1.165) is 29.9 Å². The molecule has 0 amide bonds. The first-order valence-electron chi connectivity index (χ1n) is 7.88. The molecule has 0 spiro atoms. The molecule has 21 heavy (non-hydrogen) atoms. The number of nitrogens with one attached hydrogen (secondary N) is 1. The van der Waals surface area contributed by atoms with Gasteiger partial charge in [0.25, 0.3) is 0 Å². The molecule has 1 aliphatic rings. The van der Waals surface area contributed by atoms with Gasteiger partial charge in [-0.1, -0.05) is 26.0 Å². The number of rotatable bonds is 3. The van der Waals surface area contributed by atoms with Crippen LogP contribution in [0.2, 0.25) is 0 Å². The summed E-state index contributed by atoms with van der Waals surface area (Å²) in [6, 6.07) is 8.56. The first-order chi connectivity index (χ1) is 10.0. The van der Waals surface area contributed by atoms with Crippen molar-refractivity contribution in [3.8, 4) is 0 Å². The summed E-state index contributed by atoms with van der Waals surface area (Å²) in [7, 11) is 0. The Labute approximate surface area is 126 Å². The molecule has 3 rings (SSSR count). The van der Waals surface area contributed by atoms with Crippen LogP contribution in [0.4, 0.5) is 0 Å². The minimum Gasteiger partial charge on any atom is -0.373 e. The summed E-state index contributed by atoms with van der Waals surface area (Å²) >= 11 is 0. The Morgan fingerprint density at radius 3 is 2.48 bits per heavy atom. The molecule has 4 heteroatoms. The number of aromatic nitrogens is 2. The Bertz CT molecular complexity index is 564. The highest BCUT2D eigenvalue weighted by Gasteiger charge is 2.32. The summed E-state index contributed by atoms with van der Waals surface area (Å²) in [6.45, 7) is 10.8. The topological polar surface area (TPSA) is 41.2 Å². The SMILES string of the molecule is CC1CN(C(c2nc3ccccc3[nH]2)C(C)C)CC(C)O1. The number of morpholine rings is 1. The normalized spacial score (nSPS) is 25.6. The van der Waals surface area contributed by atoms with Gasteiger partial charge in [0, 0.05) is 13.1 Å². The summed E-state index contributed by atoms with van der Waals surface area (Å²) in [5, 5.41) is 0. The Balaban J connectivity index is 1.93. The Kier molecular flexibility index (Phi) is 4.00. The van der Waals surface area contributed by atoms with E-state index in [2.05, 4.69) is 49.7 Å². The van der Waals surface area contributed by atoms with Gasteiger partial charge >= 0.3 is 0 Å². The predicted octanol–water partition coefficient (Wildman–Crippen LogP) is 3.37. The highest BCUT2D eigenvalue weighted by molar-refractivity contribution is 5.74. The fourth-order valence-corrected chi connectivity index (χ4v) is 3.47. The van der Waals surface area contributed by atoms with Gasteiger partial charge in [-0.3, -0.25) is 4.90 Å². The number of nitrogens with zero attached hydrogens (tertiary/aromatic N) is 2. The van der Waals surface area contributed by atoms with E-state index in [-0.39, 0.29) is 12.2 Å². The van der Waals surface area contributed by atoms with E-state index in [0.29, 0.717) is 12.0 Å². The van der Waals surface area contributed by atoms with Crippen molar-refractivity contribution < 1.29 is 4.74 Å². The van der Waals surface area contributed by atoms with E-state index in [1.807, 2.05) is 12.1 Å². The van der Waals surface area contributed by atoms with Crippen molar-refractivity contribution in [3.63, 3.8) is 0 Å². The molecule has 1 saturated heterocycles. The number of H-pyrrole nitrogens is 1. The molecule has 1 aliphatic heterocycles. The van der Waals surface area contributed by atoms with Crippen molar-refractivity contribution in [2.45, 2.75) is 45.9 Å². The van der Waals surface area contributed by atoms with E-state index >= 15 is 0 Å². The van der Waals surface area contributed by atoms with Gasteiger partial charge in [0.1, 0.15) is 5.82 Å². The largest absolute Gasteiger partial charge is 0.373 e. The molecule has 0 saturated carbocycles. The Hall–Kier alpha value is -1.39. The van der Waals surface area contributed by atoms with Gasteiger partial charge in [-0.25, -0.2) is 4.98 Å². The molecule has 0 aliphatic carbocycles. The number of fused-ring (bicyclic) bond motifs is 1. The van der Waals surface area contributed by atoms with Crippen LogP contribution in [0.5, 0.6) is 0 Å². The van der Waals surface area contributed by atoms with Crippen LogP contribution < -0.4 is 0 Å². The summed E-state index contributed by atoms with van der Waals surface area (Å²) in [4.78, 5) is 10.8. The number of aromatic amines is 1. The van der Waals surface area contributed by atoms with Gasteiger partial charge in [-0.2, -0.15) is 0 Å². The number of para-hydroxylation sites is 2.